The summed E-state index contributed by atoms with van der Waals surface area (Å²) in [6, 6.07) is -0.318. The first-order chi connectivity index (χ1) is 10.5. The van der Waals surface area contributed by atoms with Crippen LogP contribution in [0.25, 0.3) is 0 Å². The summed E-state index contributed by atoms with van der Waals surface area (Å²) in [5.74, 6) is 0.211. The van der Waals surface area contributed by atoms with E-state index in [9.17, 15) is 14.4 Å². The molecule has 3 heterocycles. The van der Waals surface area contributed by atoms with Gasteiger partial charge >= 0.3 is 0 Å². The Hall–Kier alpha value is -1.59. The monoisotopic (exact) mass is 307 g/mol. The second-order valence-corrected chi connectivity index (χ2v) is 7.03. The number of nitrogens with zero attached hydrogens (tertiary/aromatic N) is 2. The number of carbonyl (C=O) groups is 3. The van der Waals surface area contributed by atoms with Crippen LogP contribution in [-0.2, 0) is 14.4 Å². The SMILES string of the molecule is CC(=O)N1CCCC2(CCN(C(=O)[C@H]3CCC(=O)N3)CC2)C1. The van der Waals surface area contributed by atoms with Crippen molar-refractivity contribution in [3.05, 3.63) is 0 Å². The average molecular weight is 307 g/mol. The lowest BCUT2D eigenvalue weighted by atomic mass is 9.72. The fourth-order valence-electron chi connectivity index (χ4n) is 4.11. The largest absolute Gasteiger partial charge is 0.344 e. The summed E-state index contributed by atoms with van der Waals surface area (Å²) in [4.78, 5) is 39.2. The van der Waals surface area contributed by atoms with Crippen molar-refractivity contribution in [3.63, 3.8) is 0 Å². The van der Waals surface area contributed by atoms with Gasteiger partial charge in [0.05, 0.1) is 0 Å². The second-order valence-electron chi connectivity index (χ2n) is 7.03. The van der Waals surface area contributed by atoms with Crippen LogP contribution in [0, 0.1) is 5.41 Å². The third kappa shape index (κ3) is 2.96. The van der Waals surface area contributed by atoms with Crippen LogP contribution in [0.4, 0.5) is 0 Å². The Morgan fingerprint density at radius 2 is 1.86 bits per heavy atom. The summed E-state index contributed by atoms with van der Waals surface area (Å²) >= 11 is 0. The molecular weight excluding hydrogens is 282 g/mol. The first-order valence-electron chi connectivity index (χ1n) is 8.33. The Balaban J connectivity index is 1.56. The zero-order chi connectivity index (χ0) is 15.7. The van der Waals surface area contributed by atoms with Crippen LogP contribution in [0.3, 0.4) is 0 Å². The minimum absolute atomic E-state index is 0.0174. The van der Waals surface area contributed by atoms with E-state index in [1.54, 1.807) is 6.92 Å². The molecule has 3 aliphatic heterocycles. The number of hydrogen-bond acceptors (Lipinski definition) is 3. The molecule has 0 aromatic rings. The van der Waals surface area contributed by atoms with E-state index < -0.39 is 0 Å². The van der Waals surface area contributed by atoms with Crippen molar-refractivity contribution in [2.75, 3.05) is 26.2 Å². The number of piperidine rings is 2. The van der Waals surface area contributed by atoms with Gasteiger partial charge in [-0.3, -0.25) is 14.4 Å². The molecular formula is C16H25N3O3. The van der Waals surface area contributed by atoms with Crippen molar-refractivity contribution in [2.24, 2.45) is 5.41 Å². The molecule has 6 heteroatoms. The molecule has 22 heavy (non-hydrogen) atoms. The highest BCUT2D eigenvalue weighted by atomic mass is 16.2. The smallest absolute Gasteiger partial charge is 0.245 e. The van der Waals surface area contributed by atoms with Gasteiger partial charge in [0.25, 0.3) is 0 Å². The highest BCUT2D eigenvalue weighted by molar-refractivity contribution is 5.90. The van der Waals surface area contributed by atoms with Crippen LogP contribution in [0.15, 0.2) is 0 Å². The number of carbonyl (C=O) groups excluding carboxylic acids is 3. The highest BCUT2D eigenvalue weighted by Crippen LogP contribution is 2.40. The molecule has 0 saturated carbocycles. The summed E-state index contributed by atoms with van der Waals surface area (Å²) in [5, 5.41) is 2.76. The average Bonchev–Trinajstić information content (AvgIpc) is 2.94. The van der Waals surface area contributed by atoms with Crippen molar-refractivity contribution in [3.8, 4) is 0 Å². The van der Waals surface area contributed by atoms with Gasteiger partial charge in [-0.2, -0.15) is 0 Å². The molecule has 1 spiro atoms. The Bertz CT molecular complexity index is 483. The molecule has 0 aromatic heterocycles. The summed E-state index contributed by atoms with van der Waals surface area (Å²) in [6.07, 6.45) is 5.22. The van der Waals surface area contributed by atoms with Gasteiger partial charge in [-0.05, 0) is 37.5 Å². The predicted molar refractivity (Wildman–Crippen MR) is 80.9 cm³/mol. The van der Waals surface area contributed by atoms with Crippen LogP contribution in [0.2, 0.25) is 0 Å². The molecule has 3 saturated heterocycles. The molecule has 1 N–H and O–H groups in total. The van der Waals surface area contributed by atoms with Crippen LogP contribution >= 0.6 is 0 Å². The normalized spacial score (nSPS) is 27.9. The molecule has 1 atom stereocenters. The van der Waals surface area contributed by atoms with Gasteiger partial charge < -0.3 is 15.1 Å². The fourth-order valence-corrected chi connectivity index (χ4v) is 4.11. The topological polar surface area (TPSA) is 69.7 Å². The number of nitrogens with one attached hydrogen (secondary N) is 1. The molecule has 0 radical (unpaired) electrons. The molecule has 0 bridgehead atoms. The lowest BCUT2D eigenvalue weighted by molar-refractivity contribution is -0.139. The summed E-state index contributed by atoms with van der Waals surface area (Å²) in [5.41, 5.74) is 0.194. The molecule has 3 aliphatic rings. The van der Waals surface area contributed by atoms with Gasteiger partial charge in [0, 0.05) is 39.5 Å². The molecule has 6 nitrogen and oxygen atoms in total. The molecule has 3 rings (SSSR count). The maximum absolute atomic E-state index is 12.4. The zero-order valence-corrected chi connectivity index (χ0v) is 13.3. The second kappa shape index (κ2) is 5.89. The maximum atomic E-state index is 12.4. The lowest BCUT2D eigenvalue weighted by Gasteiger charge is -2.47. The van der Waals surface area contributed by atoms with Gasteiger partial charge in [0.2, 0.25) is 17.7 Å². The Kier molecular flexibility index (Phi) is 4.10. The van der Waals surface area contributed by atoms with E-state index in [1.165, 1.54) is 0 Å². The van der Waals surface area contributed by atoms with E-state index in [1.807, 2.05) is 9.80 Å². The number of amides is 3. The van der Waals surface area contributed by atoms with Crippen LogP contribution in [0.1, 0.15) is 45.4 Å². The number of hydrogen-bond donors (Lipinski definition) is 1. The van der Waals surface area contributed by atoms with Crippen molar-refractivity contribution >= 4 is 17.7 Å². The first kappa shape index (κ1) is 15.3. The van der Waals surface area contributed by atoms with Gasteiger partial charge in [-0.1, -0.05) is 0 Å². The van der Waals surface area contributed by atoms with E-state index in [0.717, 1.165) is 51.9 Å². The van der Waals surface area contributed by atoms with Crippen LogP contribution in [-0.4, -0.2) is 59.7 Å². The van der Waals surface area contributed by atoms with E-state index in [2.05, 4.69) is 5.32 Å². The Labute approximate surface area is 131 Å². The standard InChI is InChI=1S/C16H25N3O3/c1-12(20)19-8-2-5-16(11-19)6-9-18(10-7-16)15(22)13-3-4-14(21)17-13/h13H,2-11H2,1H3,(H,17,21)/t13-/m1/s1. The Morgan fingerprint density at radius 1 is 1.14 bits per heavy atom. The van der Waals surface area contributed by atoms with E-state index in [-0.39, 0.29) is 29.2 Å². The van der Waals surface area contributed by atoms with Gasteiger partial charge in [-0.15, -0.1) is 0 Å². The molecule has 0 aliphatic carbocycles. The summed E-state index contributed by atoms with van der Waals surface area (Å²) in [7, 11) is 0. The van der Waals surface area contributed by atoms with Crippen molar-refractivity contribution in [1.29, 1.82) is 0 Å². The van der Waals surface area contributed by atoms with Crippen molar-refractivity contribution in [1.82, 2.24) is 15.1 Å². The molecule has 3 amide bonds. The molecule has 3 fully saturated rings. The van der Waals surface area contributed by atoms with E-state index in [4.69, 9.17) is 0 Å². The first-order valence-corrected chi connectivity index (χ1v) is 8.33. The molecule has 0 unspecified atom stereocenters. The quantitative estimate of drug-likeness (QED) is 0.767. The number of likely N-dealkylation sites (tertiary alicyclic amines) is 2. The molecule has 0 aromatic carbocycles. The third-order valence-electron chi connectivity index (χ3n) is 5.54. The summed E-state index contributed by atoms with van der Waals surface area (Å²) in [6.45, 7) is 4.84. The zero-order valence-electron chi connectivity index (χ0n) is 13.3. The van der Waals surface area contributed by atoms with Gasteiger partial charge in [-0.25, -0.2) is 0 Å². The predicted octanol–water partition coefficient (Wildman–Crippen LogP) is 0.516. The fraction of sp³-hybridized carbons (Fsp3) is 0.812. The highest BCUT2D eigenvalue weighted by Gasteiger charge is 2.41. The molecule has 122 valence electrons. The van der Waals surface area contributed by atoms with Crippen molar-refractivity contribution < 1.29 is 14.4 Å². The Morgan fingerprint density at radius 3 is 2.45 bits per heavy atom. The minimum Gasteiger partial charge on any atom is -0.344 e. The lowest BCUT2D eigenvalue weighted by Crippen LogP contribution is -2.54. The van der Waals surface area contributed by atoms with Crippen molar-refractivity contribution in [2.45, 2.75) is 51.5 Å². The van der Waals surface area contributed by atoms with E-state index >= 15 is 0 Å². The van der Waals surface area contributed by atoms with Gasteiger partial charge in [0.1, 0.15) is 6.04 Å². The van der Waals surface area contributed by atoms with Crippen LogP contribution < -0.4 is 5.32 Å². The number of rotatable bonds is 1. The summed E-state index contributed by atoms with van der Waals surface area (Å²) < 4.78 is 0. The van der Waals surface area contributed by atoms with Crippen LogP contribution in [0.5, 0.6) is 0 Å². The van der Waals surface area contributed by atoms with Gasteiger partial charge in [0.15, 0.2) is 0 Å². The van der Waals surface area contributed by atoms with E-state index in [0.29, 0.717) is 12.8 Å². The maximum Gasteiger partial charge on any atom is 0.245 e. The third-order valence-corrected chi connectivity index (χ3v) is 5.54. The minimum atomic E-state index is -0.318.